The summed E-state index contributed by atoms with van der Waals surface area (Å²) in [5, 5.41) is 3.53. The van der Waals surface area contributed by atoms with Gasteiger partial charge in [0.25, 0.3) is 0 Å². The van der Waals surface area contributed by atoms with Crippen LogP contribution in [0, 0.1) is 0 Å². The molecule has 7 heteroatoms. The molecule has 0 spiro atoms. The van der Waals surface area contributed by atoms with Crippen molar-refractivity contribution >= 4 is 28.9 Å². The van der Waals surface area contributed by atoms with E-state index in [0.717, 1.165) is 16.3 Å². The maximum Gasteiger partial charge on any atom is 0.337 e. The fraction of sp³-hybridized carbons (Fsp3) is 0.158. The molecule has 3 rings (SSSR count). The topological polar surface area (TPSA) is 57.7 Å². The van der Waals surface area contributed by atoms with E-state index in [-0.39, 0.29) is 6.61 Å². The molecule has 0 saturated carbocycles. The van der Waals surface area contributed by atoms with Crippen LogP contribution in [0.1, 0.15) is 16.1 Å². The zero-order valence-electron chi connectivity index (χ0n) is 14.2. The summed E-state index contributed by atoms with van der Waals surface area (Å²) in [5.74, 6) is 0.559. The van der Waals surface area contributed by atoms with Gasteiger partial charge in [0.15, 0.2) is 11.5 Å². The highest BCUT2D eigenvalue weighted by Crippen LogP contribution is 2.30. The maximum absolute atomic E-state index is 11.6. The fourth-order valence-corrected chi connectivity index (χ4v) is 3.22. The highest BCUT2D eigenvalue weighted by Gasteiger charge is 2.12. The first kappa shape index (κ1) is 18.2. The fourth-order valence-electron chi connectivity index (χ4n) is 2.28. The Kier molecular flexibility index (Phi) is 5.75. The first-order chi connectivity index (χ1) is 12.6. The molecule has 1 heterocycles. The SMILES string of the molecule is COC(=O)c1ccc(OCc2csc(-c3ccc(Cl)cc3)n2)c(OC)c1. The van der Waals surface area contributed by atoms with E-state index in [1.807, 2.05) is 29.6 Å². The Bertz CT molecular complexity index is 908. The molecule has 0 atom stereocenters. The zero-order chi connectivity index (χ0) is 18.5. The molecule has 0 fully saturated rings. The predicted molar refractivity (Wildman–Crippen MR) is 101 cm³/mol. The van der Waals surface area contributed by atoms with Crippen LogP contribution in [-0.2, 0) is 11.3 Å². The van der Waals surface area contributed by atoms with Crippen molar-refractivity contribution in [3.63, 3.8) is 0 Å². The van der Waals surface area contributed by atoms with Gasteiger partial charge in [-0.25, -0.2) is 9.78 Å². The number of hydrogen-bond donors (Lipinski definition) is 0. The van der Waals surface area contributed by atoms with Gasteiger partial charge in [0.05, 0.1) is 25.5 Å². The smallest absolute Gasteiger partial charge is 0.337 e. The van der Waals surface area contributed by atoms with Crippen LogP contribution >= 0.6 is 22.9 Å². The molecule has 3 aromatic rings. The summed E-state index contributed by atoms with van der Waals surface area (Å²) in [7, 11) is 2.85. The van der Waals surface area contributed by atoms with Crippen molar-refractivity contribution in [3.8, 4) is 22.1 Å². The summed E-state index contributed by atoms with van der Waals surface area (Å²) in [6.45, 7) is 0.290. The lowest BCUT2D eigenvalue weighted by Crippen LogP contribution is -2.03. The van der Waals surface area contributed by atoms with E-state index in [2.05, 4.69) is 4.98 Å². The number of hydrogen-bond acceptors (Lipinski definition) is 6. The molecule has 2 aromatic carbocycles. The number of benzene rings is 2. The van der Waals surface area contributed by atoms with Crippen LogP contribution < -0.4 is 9.47 Å². The Hall–Kier alpha value is -2.57. The van der Waals surface area contributed by atoms with Crippen molar-refractivity contribution in [2.24, 2.45) is 0 Å². The number of methoxy groups -OCH3 is 2. The molecule has 5 nitrogen and oxygen atoms in total. The molecule has 0 aliphatic carbocycles. The van der Waals surface area contributed by atoms with Crippen LogP contribution in [0.25, 0.3) is 10.6 Å². The minimum atomic E-state index is -0.429. The average Bonchev–Trinajstić information content (AvgIpc) is 3.15. The number of rotatable bonds is 6. The summed E-state index contributed by atoms with van der Waals surface area (Å²) in [4.78, 5) is 16.2. The number of carbonyl (C=O) groups is 1. The quantitative estimate of drug-likeness (QED) is 0.565. The second-order valence-corrected chi connectivity index (χ2v) is 6.59. The van der Waals surface area contributed by atoms with Gasteiger partial charge >= 0.3 is 5.97 Å². The lowest BCUT2D eigenvalue weighted by molar-refractivity contribution is 0.0600. The third-order valence-corrected chi connectivity index (χ3v) is 4.80. The Balaban J connectivity index is 1.71. The highest BCUT2D eigenvalue weighted by atomic mass is 35.5. The Morgan fingerprint density at radius 2 is 1.88 bits per heavy atom. The molecule has 0 aliphatic rings. The molecule has 0 bridgehead atoms. The van der Waals surface area contributed by atoms with E-state index < -0.39 is 5.97 Å². The number of thiazole rings is 1. The number of ether oxygens (including phenoxy) is 3. The minimum absolute atomic E-state index is 0.290. The van der Waals surface area contributed by atoms with E-state index >= 15 is 0 Å². The molecule has 1 aromatic heterocycles. The van der Waals surface area contributed by atoms with Gasteiger partial charge in [0, 0.05) is 16.0 Å². The van der Waals surface area contributed by atoms with E-state index in [4.69, 9.17) is 25.8 Å². The lowest BCUT2D eigenvalue weighted by atomic mass is 10.2. The van der Waals surface area contributed by atoms with Crippen molar-refractivity contribution < 1.29 is 19.0 Å². The zero-order valence-corrected chi connectivity index (χ0v) is 15.8. The van der Waals surface area contributed by atoms with Crippen LogP contribution in [0.15, 0.2) is 47.8 Å². The predicted octanol–water partition coefficient (Wildman–Crippen LogP) is 4.84. The minimum Gasteiger partial charge on any atom is -0.493 e. The molecule has 0 N–H and O–H groups in total. The highest BCUT2D eigenvalue weighted by molar-refractivity contribution is 7.13. The van der Waals surface area contributed by atoms with Gasteiger partial charge in [0.2, 0.25) is 0 Å². The molecular weight excluding hydrogens is 374 g/mol. The molecule has 0 saturated heterocycles. The lowest BCUT2D eigenvalue weighted by Gasteiger charge is -2.10. The molecular formula is C19H16ClNO4S. The summed E-state index contributed by atoms with van der Waals surface area (Å²) in [6.07, 6.45) is 0. The molecule has 0 radical (unpaired) electrons. The van der Waals surface area contributed by atoms with Crippen molar-refractivity contribution in [2.75, 3.05) is 14.2 Å². The monoisotopic (exact) mass is 389 g/mol. The van der Waals surface area contributed by atoms with Gasteiger partial charge in [0.1, 0.15) is 11.6 Å². The Morgan fingerprint density at radius 1 is 1.12 bits per heavy atom. The number of aromatic nitrogens is 1. The Morgan fingerprint density at radius 3 is 2.58 bits per heavy atom. The molecule has 0 amide bonds. The molecule has 0 aliphatic heterocycles. The van der Waals surface area contributed by atoms with E-state index in [1.165, 1.54) is 25.6 Å². The molecule has 134 valence electrons. The van der Waals surface area contributed by atoms with Crippen LogP contribution in [0.3, 0.4) is 0 Å². The normalized spacial score (nSPS) is 10.4. The second-order valence-electron chi connectivity index (χ2n) is 5.30. The third-order valence-electron chi connectivity index (χ3n) is 3.60. The largest absolute Gasteiger partial charge is 0.493 e. The number of halogens is 1. The first-order valence-corrected chi connectivity index (χ1v) is 8.96. The third kappa shape index (κ3) is 4.15. The van der Waals surface area contributed by atoms with Gasteiger partial charge in [-0.3, -0.25) is 0 Å². The van der Waals surface area contributed by atoms with Gasteiger partial charge in [-0.2, -0.15) is 0 Å². The average molecular weight is 390 g/mol. The second kappa shape index (κ2) is 8.21. The van der Waals surface area contributed by atoms with E-state index in [9.17, 15) is 4.79 Å². The summed E-state index contributed by atoms with van der Waals surface area (Å²) < 4.78 is 15.8. The molecule has 26 heavy (non-hydrogen) atoms. The first-order valence-electron chi connectivity index (χ1n) is 7.70. The van der Waals surface area contributed by atoms with E-state index in [1.54, 1.807) is 18.2 Å². The standard InChI is InChI=1S/C19H16ClNO4S/c1-23-17-9-13(19(22)24-2)5-8-16(17)25-10-15-11-26-18(21-15)12-3-6-14(20)7-4-12/h3-9,11H,10H2,1-2H3. The van der Waals surface area contributed by atoms with Gasteiger partial charge in [-0.15, -0.1) is 11.3 Å². The maximum atomic E-state index is 11.6. The van der Waals surface area contributed by atoms with Crippen LogP contribution in [0.5, 0.6) is 11.5 Å². The van der Waals surface area contributed by atoms with Crippen molar-refractivity contribution in [1.29, 1.82) is 0 Å². The van der Waals surface area contributed by atoms with Gasteiger partial charge in [-0.05, 0) is 30.3 Å². The van der Waals surface area contributed by atoms with Gasteiger partial charge < -0.3 is 14.2 Å². The Labute approximate surface area is 160 Å². The van der Waals surface area contributed by atoms with Crippen LogP contribution in [-0.4, -0.2) is 25.2 Å². The number of carbonyl (C=O) groups excluding carboxylic acids is 1. The number of nitrogens with zero attached hydrogens (tertiary/aromatic N) is 1. The van der Waals surface area contributed by atoms with Crippen LogP contribution in [0.4, 0.5) is 0 Å². The summed E-state index contributed by atoms with van der Waals surface area (Å²) >= 11 is 7.45. The summed E-state index contributed by atoms with van der Waals surface area (Å²) in [5.41, 5.74) is 2.21. The van der Waals surface area contributed by atoms with Crippen LogP contribution in [0.2, 0.25) is 5.02 Å². The van der Waals surface area contributed by atoms with E-state index in [0.29, 0.717) is 22.1 Å². The van der Waals surface area contributed by atoms with Gasteiger partial charge in [-0.1, -0.05) is 23.7 Å². The number of esters is 1. The van der Waals surface area contributed by atoms with Crippen molar-refractivity contribution in [3.05, 3.63) is 64.1 Å². The summed E-state index contributed by atoms with van der Waals surface area (Å²) in [6, 6.07) is 12.4. The van der Waals surface area contributed by atoms with Crippen molar-refractivity contribution in [1.82, 2.24) is 4.98 Å². The van der Waals surface area contributed by atoms with Crippen molar-refractivity contribution in [2.45, 2.75) is 6.61 Å². The molecule has 0 unspecified atom stereocenters.